The number of nitrogens with zero attached hydrogens (tertiary/aromatic N) is 1. The average molecular weight is 242 g/mol. The SMILES string of the molecule is O=C(O)CCCCCNC(=O)c1nccs1. The third kappa shape index (κ3) is 4.88. The van der Waals surface area contributed by atoms with Crippen molar-refractivity contribution in [2.24, 2.45) is 0 Å². The highest BCUT2D eigenvalue weighted by molar-refractivity contribution is 7.11. The molecule has 16 heavy (non-hydrogen) atoms. The van der Waals surface area contributed by atoms with Crippen LogP contribution >= 0.6 is 11.3 Å². The first-order chi connectivity index (χ1) is 7.70. The lowest BCUT2D eigenvalue weighted by Crippen LogP contribution is -2.24. The lowest BCUT2D eigenvalue weighted by molar-refractivity contribution is -0.137. The summed E-state index contributed by atoms with van der Waals surface area (Å²) in [5.74, 6) is -0.931. The Morgan fingerprint density at radius 1 is 1.38 bits per heavy atom. The van der Waals surface area contributed by atoms with Crippen LogP contribution in [0.4, 0.5) is 0 Å². The molecule has 2 N–H and O–H groups in total. The molecule has 0 atom stereocenters. The van der Waals surface area contributed by atoms with Gasteiger partial charge in [0.25, 0.3) is 5.91 Å². The summed E-state index contributed by atoms with van der Waals surface area (Å²) < 4.78 is 0. The monoisotopic (exact) mass is 242 g/mol. The molecule has 0 saturated heterocycles. The summed E-state index contributed by atoms with van der Waals surface area (Å²) in [7, 11) is 0. The number of carbonyl (C=O) groups is 2. The minimum absolute atomic E-state index is 0.159. The summed E-state index contributed by atoms with van der Waals surface area (Å²) >= 11 is 1.30. The van der Waals surface area contributed by atoms with Crippen molar-refractivity contribution in [1.29, 1.82) is 0 Å². The van der Waals surface area contributed by atoms with Gasteiger partial charge >= 0.3 is 5.97 Å². The van der Waals surface area contributed by atoms with Crippen LogP contribution in [0.15, 0.2) is 11.6 Å². The molecule has 0 unspecified atom stereocenters. The zero-order valence-electron chi connectivity index (χ0n) is 8.81. The lowest BCUT2D eigenvalue weighted by atomic mass is 10.2. The van der Waals surface area contributed by atoms with E-state index >= 15 is 0 Å². The van der Waals surface area contributed by atoms with Crippen LogP contribution in [0.2, 0.25) is 0 Å². The summed E-state index contributed by atoms with van der Waals surface area (Å²) in [6, 6.07) is 0. The fourth-order valence-electron chi connectivity index (χ4n) is 1.19. The number of carboxylic acids is 1. The highest BCUT2D eigenvalue weighted by Crippen LogP contribution is 2.03. The first-order valence-electron chi connectivity index (χ1n) is 5.09. The Morgan fingerprint density at radius 3 is 2.81 bits per heavy atom. The number of amides is 1. The Labute approximate surface area is 97.5 Å². The quantitative estimate of drug-likeness (QED) is 0.710. The van der Waals surface area contributed by atoms with Gasteiger partial charge < -0.3 is 10.4 Å². The standard InChI is InChI=1S/C10H14N2O3S/c13-8(14)4-2-1-3-5-11-9(15)10-12-6-7-16-10/h6-7H,1-5H2,(H,11,15)(H,13,14). The Morgan fingerprint density at radius 2 is 2.19 bits per heavy atom. The maximum Gasteiger partial charge on any atom is 0.303 e. The number of thiazole rings is 1. The number of rotatable bonds is 7. The van der Waals surface area contributed by atoms with Crippen molar-refractivity contribution in [3.8, 4) is 0 Å². The van der Waals surface area contributed by atoms with Crippen LogP contribution in [0.3, 0.4) is 0 Å². The van der Waals surface area contributed by atoms with Gasteiger partial charge in [-0.3, -0.25) is 9.59 Å². The molecule has 0 bridgehead atoms. The summed E-state index contributed by atoms with van der Waals surface area (Å²) in [6.07, 6.45) is 4.05. The van der Waals surface area contributed by atoms with Crippen molar-refractivity contribution in [3.05, 3.63) is 16.6 Å². The van der Waals surface area contributed by atoms with Crippen LogP contribution in [-0.4, -0.2) is 28.5 Å². The third-order valence-corrected chi connectivity index (χ3v) is 2.75. The van der Waals surface area contributed by atoms with Gasteiger partial charge in [0, 0.05) is 24.5 Å². The number of aromatic nitrogens is 1. The molecule has 5 nitrogen and oxygen atoms in total. The smallest absolute Gasteiger partial charge is 0.303 e. The van der Waals surface area contributed by atoms with Gasteiger partial charge in [0.2, 0.25) is 0 Å². The molecule has 0 aliphatic carbocycles. The van der Waals surface area contributed by atoms with E-state index < -0.39 is 5.97 Å². The number of carboxylic acid groups (broad SMARTS) is 1. The predicted octanol–water partition coefficient (Wildman–Crippen LogP) is 1.52. The maximum atomic E-state index is 11.4. The number of nitrogens with one attached hydrogen (secondary N) is 1. The Bertz CT molecular complexity index is 338. The molecule has 0 aliphatic heterocycles. The van der Waals surface area contributed by atoms with Crippen molar-refractivity contribution >= 4 is 23.2 Å². The fraction of sp³-hybridized carbons (Fsp3) is 0.500. The van der Waals surface area contributed by atoms with Gasteiger partial charge in [0.15, 0.2) is 5.01 Å². The molecule has 0 aromatic carbocycles. The molecule has 1 rings (SSSR count). The number of unbranched alkanes of at least 4 members (excludes halogenated alkanes) is 2. The third-order valence-electron chi connectivity index (χ3n) is 1.98. The molecule has 1 aromatic heterocycles. The second kappa shape index (κ2) is 6.95. The second-order valence-corrected chi connectivity index (χ2v) is 4.19. The first kappa shape index (κ1) is 12.6. The van der Waals surface area contributed by atoms with E-state index in [1.807, 2.05) is 0 Å². The maximum absolute atomic E-state index is 11.4. The Balaban J connectivity index is 2.03. The second-order valence-electron chi connectivity index (χ2n) is 3.30. The van der Waals surface area contributed by atoms with Crippen LogP contribution in [0.1, 0.15) is 35.5 Å². The predicted molar refractivity (Wildman–Crippen MR) is 60.6 cm³/mol. The van der Waals surface area contributed by atoms with E-state index in [1.165, 1.54) is 11.3 Å². The number of hydrogen-bond donors (Lipinski definition) is 2. The van der Waals surface area contributed by atoms with Crippen LogP contribution in [0.5, 0.6) is 0 Å². The summed E-state index contributed by atoms with van der Waals surface area (Å²) in [6.45, 7) is 0.567. The fourth-order valence-corrected chi connectivity index (χ4v) is 1.74. The van der Waals surface area contributed by atoms with Gasteiger partial charge in [0.1, 0.15) is 0 Å². The van der Waals surface area contributed by atoms with Crippen LogP contribution < -0.4 is 5.32 Å². The van der Waals surface area contributed by atoms with Crippen LogP contribution in [0.25, 0.3) is 0 Å². The molecule has 0 spiro atoms. The summed E-state index contributed by atoms with van der Waals surface area (Å²) in [4.78, 5) is 25.5. The number of hydrogen-bond acceptors (Lipinski definition) is 4. The molecule has 0 saturated carbocycles. The van der Waals surface area contributed by atoms with Gasteiger partial charge in [-0.25, -0.2) is 4.98 Å². The normalized spacial score (nSPS) is 10.0. The van der Waals surface area contributed by atoms with E-state index in [0.717, 1.165) is 12.8 Å². The van der Waals surface area contributed by atoms with E-state index in [4.69, 9.17) is 5.11 Å². The van der Waals surface area contributed by atoms with Crippen molar-refractivity contribution in [1.82, 2.24) is 10.3 Å². The van der Waals surface area contributed by atoms with Crippen molar-refractivity contribution in [2.45, 2.75) is 25.7 Å². The minimum Gasteiger partial charge on any atom is -0.481 e. The van der Waals surface area contributed by atoms with E-state index in [2.05, 4.69) is 10.3 Å². The largest absolute Gasteiger partial charge is 0.481 e. The molecule has 0 fully saturated rings. The molecule has 0 aliphatic rings. The van der Waals surface area contributed by atoms with Gasteiger partial charge in [-0.15, -0.1) is 11.3 Å². The van der Waals surface area contributed by atoms with E-state index in [-0.39, 0.29) is 12.3 Å². The molecule has 6 heteroatoms. The zero-order valence-corrected chi connectivity index (χ0v) is 9.63. The Hall–Kier alpha value is -1.43. The van der Waals surface area contributed by atoms with Crippen molar-refractivity contribution < 1.29 is 14.7 Å². The molecule has 1 heterocycles. The zero-order chi connectivity index (χ0) is 11.8. The highest BCUT2D eigenvalue weighted by Gasteiger charge is 2.06. The average Bonchev–Trinajstić information content (AvgIpc) is 2.75. The van der Waals surface area contributed by atoms with E-state index in [0.29, 0.717) is 18.0 Å². The van der Waals surface area contributed by atoms with Gasteiger partial charge in [-0.05, 0) is 12.8 Å². The number of carbonyl (C=O) groups excluding carboxylic acids is 1. The minimum atomic E-state index is -0.771. The van der Waals surface area contributed by atoms with Crippen molar-refractivity contribution in [3.63, 3.8) is 0 Å². The molecule has 88 valence electrons. The van der Waals surface area contributed by atoms with Gasteiger partial charge in [0.05, 0.1) is 0 Å². The number of aliphatic carboxylic acids is 1. The summed E-state index contributed by atoms with van der Waals surface area (Å²) in [5.41, 5.74) is 0. The highest BCUT2D eigenvalue weighted by atomic mass is 32.1. The molecular formula is C10H14N2O3S. The molecule has 1 amide bonds. The van der Waals surface area contributed by atoms with Crippen molar-refractivity contribution in [2.75, 3.05) is 6.54 Å². The lowest BCUT2D eigenvalue weighted by Gasteiger charge is -2.01. The topological polar surface area (TPSA) is 79.3 Å². The van der Waals surface area contributed by atoms with E-state index in [9.17, 15) is 9.59 Å². The van der Waals surface area contributed by atoms with Crippen LogP contribution in [-0.2, 0) is 4.79 Å². The van der Waals surface area contributed by atoms with E-state index in [1.54, 1.807) is 11.6 Å². The van der Waals surface area contributed by atoms with Gasteiger partial charge in [-0.1, -0.05) is 6.42 Å². The molecule has 0 radical (unpaired) electrons. The van der Waals surface area contributed by atoms with Crippen LogP contribution in [0, 0.1) is 0 Å². The first-order valence-corrected chi connectivity index (χ1v) is 5.97. The Kier molecular flexibility index (Phi) is 5.49. The van der Waals surface area contributed by atoms with Gasteiger partial charge in [-0.2, -0.15) is 0 Å². The molecule has 1 aromatic rings. The molecular weight excluding hydrogens is 228 g/mol. The summed E-state index contributed by atoms with van der Waals surface area (Å²) in [5, 5.41) is 13.4.